The number of hydrogen-bond acceptors (Lipinski definition) is 10. The zero-order valence-electron chi connectivity index (χ0n) is 69.1. The fourth-order valence-corrected chi connectivity index (χ4v) is 19.3. The van der Waals surface area contributed by atoms with E-state index in [0.29, 0.717) is 116 Å². The minimum Gasteiger partial charge on any atom is -0.385 e. The van der Waals surface area contributed by atoms with Crippen LogP contribution in [-0.4, -0.2) is 93.0 Å². The Morgan fingerprint density at radius 3 is 1.04 bits per heavy atom. The standard InChI is InChI=1S/C35H40FN3O3.C33H38FN3O2.C31H33ClFN3O2/c1-22-7-5-11-30(36)31(22)34(41)39-20-6-10-28(32(39)24-13-15-26(16-14-24)37-25-8-3-4-9-25)33(40)38-27-17-12-23-18-19-35(2,42)29(23)21-27;1-21-13-16-27(20-23(21)3)36-32(38)28-11-7-19-37(33(39)30-22(2)8-6-12-29(30)34)31(28)24-14-17-26(18-15-24)35-25-9-4-5-10-25;1-20-7-4-13-27(33)28(20)31(38)36-18-6-12-26(30(37)35-25-11-5-8-22(32)19-25)29(36)21-14-16-24(17-15-21)34-23-9-2-3-10-23/h5,7,11-17,21,25,28,32,37,42H,3-4,6,8-10,18-20H2,1-2H3,(H,38,40);6,8,12-18,20,25,28,31,35H,4-5,7,9-11,19H2,1-3H3,(H,36,38);4-5,7-8,11,13-17,19,23,26,29,34H,2-3,6,9-10,12,18H2,1H3,(H,35,37)/t28-,32-,35?;28-,31-;26-,29-/m000/s1. The highest BCUT2D eigenvalue weighted by atomic mass is 35.5. The molecule has 7 N–H and O–H groups in total. The number of benzene rings is 9. The topological polar surface area (TPSA) is 205 Å². The first kappa shape index (κ1) is 84.7. The van der Waals surface area contributed by atoms with E-state index in [1.54, 1.807) is 103 Å². The number of nitrogens with zero attached hydrogens (tertiary/aromatic N) is 3. The highest BCUT2D eigenvalue weighted by Crippen LogP contribution is 2.45. The molecule has 0 radical (unpaired) electrons. The van der Waals surface area contributed by atoms with Crippen molar-refractivity contribution in [3.05, 3.63) is 283 Å². The number of amides is 6. The normalized spacial score (nSPS) is 21.2. The van der Waals surface area contributed by atoms with Crippen molar-refractivity contribution in [3.8, 4) is 0 Å². The number of hydrogen-bond donors (Lipinski definition) is 7. The molecule has 622 valence electrons. The first-order chi connectivity index (χ1) is 57.4. The van der Waals surface area contributed by atoms with Gasteiger partial charge in [-0.3, -0.25) is 28.8 Å². The fraction of sp³-hybridized carbons (Fsp3) is 0.394. The number of fused-ring (bicyclic) bond motifs is 1. The van der Waals surface area contributed by atoms with Crippen LogP contribution >= 0.6 is 11.6 Å². The van der Waals surface area contributed by atoms with Crippen LogP contribution in [0.3, 0.4) is 0 Å². The van der Waals surface area contributed by atoms with Crippen molar-refractivity contribution in [1.82, 2.24) is 14.7 Å². The van der Waals surface area contributed by atoms with Gasteiger partial charge in [-0.15, -0.1) is 0 Å². The van der Waals surface area contributed by atoms with Gasteiger partial charge in [0.1, 0.15) is 17.5 Å². The average molecular weight is 1630 g/mol. The third-order valence-corrected chi connectivity index (χ3v) is 25.9. The van der Waals surface area contributed by atoms with E-state index in [2.05, 4.69) is 31.9 Å². The van der Waals surface area contributed by atoms with E-state index >= 15 is 0 Å². The molecule has 3 heterocycles. The van der Waals surface area contributed by atoms with Gasteiger partial charge < -0.3 is 51.7 Å². The Morgan fingerprint density at radius 1 is 0.370 bits per heavy atom. The average Bonchev–Trinajstić information content (AvgIpc) is 1.42. The van der Waals surface area contributed by atoms with Gasteiger partial charge in [-0.2, -0.15) is 0 Å². The number of piperidine rings is 3. The summed E-state index contributed by atoms with van der Waals surface area (Å²) in [7, 11) is 0. The number of carbonyl (C=O) groups excluding carboxylic acids is 6. The largest absolute Gasteiger partial charge is 0.385 e. The Kier molecular flexibility index (Phi) is 27.1. The first-order valence-electron chi connectivity index (χ1n) is 42.8. The second kappa shape index (κ2) is 38.1. The molecule has 0 spiro atoms. The molecule has 119 heavy (non-hydrogen) atoms. The predicted molar refractivity (Wildman–Crippen MR) is 467 cm³/mol. The number of rotatable bonds is 18. The monoisotopic (exact) mass is 1630 g/mol. The molecule has 7 atom stereocenters. The van der Waals surface area contributed by atoms with Crippen molar-refractivity contribution in [2.75, 3.05) is 51.5 Å². The third kappa shape index (κ3) is 19.9. The maximum Gasteiger partial charge on any atom is 0.257 e. The minimum absolute atomic E-state index is 0.0592. The first-order valence-corrected chi connectivity index (χ1v) is 43.2. The van der Waals surface area contributed by atoms with Crippen molar-refractivity contribution >= 4 is 81.2 Å². The van der Waals surface area contributed by atoms with E-state index in [1.807, 2.05) is 123 Å². The minimum atomic E-state index is -0.918. The Labute approximate surface area is 702 Å². The number of anilines is 6. The highest BCUT2D eigenvalue weighted by Gasteiger charge is 2.45. The lowest BCUT2D eigenvalue weighted by Crippen LogP contribution is -2.46. The zero-order chi connectivity index (χ0) is 83.6. The van der Waals surface area contributed by atoms with Gasteiger partial charge in [0.2, 0.25) is 17.7 Å². The molecule has 0 bridgehead atoms. The number of aryl methyl sites for hydroxylation is 6. The molecule has 3 aliphatic heterocycles. The quantitative estimate of drug-likeness (QED) is 0.0433. The molecule has 6 fully saturated rings. The smallest absolute Gasteiger partial charge is 0.257 e. The van der Waals surface area contributed by atoms with Crippen molar-refractivity contribution < 1.29 is 47.0 Å². The summed E-state index contributed by atoms with van der Waals surface area (Å²) in [6.07, 6.45) is 19.7. The van der Waals surface area contributed by atoms with E-state index in [1.165, 1.54) is 82.4 Å². The maximum atomic E-state index is 15.0. The van der Waals surface area contributed by atoms with Crippen LogP contribution in [0.5, 0.6) is 0 Å². The number of halogens is 4. The summed E-state index contributed by atoms with van der Waals surface area (Å²) in [5, 5.41) is 31.3. The Bertz CT molecular complexity index is 5080. The number of nitrogens with one attached hydrogen (secondary N) is 6. The molecule has 6 amide bonds. The van der Waals surface area contributed by atoms with Crippen LogP contribution in [0.1, 0.15) is 234 Å². The molecule has 3 saturated heterocycles. The molecular weight excluding hydrogens is 1520 g/mol. The maximum absolute atomic E-state index is 15.0. The van der Waals surface area contributed by atoms with Gasteiger partial charge in [0, 0.05) is 76.9 Å². The summed E-state index contributed by atoms with van der Waals surface area (Å²) >= 11 is 6.13. The molecule has 3 saturated carbocycles. The fourth-order valence-electron chi connectivity index (χ4n) is 19.1. The van der Waals surface area contributed by atoms with Crippen molar-refractivity contribution in [3.63, 3.8) is 0 Å². The Morgan fingerprint density at radius 2 is 0.697 bits per heavy atom. The van der Waals surface area contributed by atoms with E-state index in [9.17, 15) is 47.0 Å². The van der Waals surface area contributed by atoms with Gasteiger partial charge in [-0.05, 0) is 284 Å². The SMILES string of the molecule is Cc1ccc(NC(=O)[C@H]2CCCN(C(=O)c3c(C)cccc3F)[C@H]2c2ccc(NC3CCCC3)cc2)cc1C.Cc1cccc(F)c1C(=O)N1CCC[C@H](C(=O)Nc2ccc3c(c2)C(C)(O)CC3)[C@@H]1c1ccc(NC2CCCC2)cc1.Cc1cccc(F)c1C(=O)N1CCC[C@H](C(=O)Nc2cccc(Cl)c2)[C@@H]1c1ccc(NC2CCCC2)cc1. The van der Waals surface area contributed by atoms with Crippen LogP contribution in [0.4, 0.5) is 47.3 Å². The Balaban J connectivity index is 0.000000147. The van der Waals surface area contributed by atoms with Crippen LogP contribution in [0, 0.1) is 69.8 Å². The molecule has 9 aromatic rings. The molecule has 16 nitrogen and oxygen atoms in total. The van der Waals surface area contributed by atoms with Gasteiger partial charge in [0.25, 0.3) is 17.7 Å². The summed E-state index contributed by atoms with van der Waals surface area (Å²) in [4.78, 5) is 88.0. The van der Waals surface area contributed by atoms with Crippen LogP contribution < -0.4 is 31.9 Å². The molecule has 20 heteroatoms. The van der Waals surface area contributed by atoms with Crippen LogP contribution in [0.25, 0.3) is 0 Å². The van der Waals surface area contributed by atoms with Crippen LogP contribution in [0.15, 0.2) is 188 Å². The number of aliphatic hydroxyl groups is 1. The second-order valence-corrected chi connectivity index (χ2v) is 34.5. The van der Waals surface area contributed by atoms with Gasteiger partial charge in [-0.25, -0.2) is 13.2 Å². The molecule has 0 aromatic heterocycles. The number of likely N-dealkylation sites (tertiary alicyclic amines) is 3. The van der Waals surface area contributed by atoms with Gasteiger partial charge >= 0.3 is 0 Å². The summed E-state index contributed by atoms with van der Waals surface area (Å²) in [6.45, 7) is 12.4. The van der Waals surface area contributed by atoms with E-state index < -0.39 is 64.8 Å². The van der Waals surface area contributed by atoms with E-state index in [0.717, 1.165) is 81.0 Å². The molecule has 16 rings (SSSR count). The van der Waals surface area contributed by atoms with Gasteiger partial charge in [-0.1, -0.05) is 141 Å². The van der Waals surface area contributed by atoms with Crippen LogP contribution in [-0.2, 0) is 26.4 Å². The van der Waals surface area contributed by atoms with Crippen molar-refractivity contribution in [2.45, 2.75) is 212 Å². The molecule has 7 aliphatic rings. The lowest BCUT2D eigenvalue weighted by atomic mass is 9.83. The lowest BCUT2D eigenvalue weighted by Gasteiger charge is -2.41. The van der Waals surface area contributed by atoms with Crippen molar-refractivity contribution in [2.24, 2.45) is 17.8 Å². The highest BCUT2D eigenvalue weighted by molar-refractivity contribution is 6.31. The third-order valence-electron chi connectivity index (χ3n) is 25.6. The van der Waals surface area contributed by atoms with E-state index in [-0.39, 0.29) is 46.2 Å². The molecule has 1 unspecified atom stereocenters. The summed E-state index contributed by atoms with van der Waals surface area (Å²) in [5.41, 5.74) is 12.9. The van der Waals surface area contributed by atoms with Crippen LogP contribution in [0.2, 0.25) is 5.02 Å². The van der Waals surface area contributed by atoms with E-state index in [4.69, 9.17) is 11.6 Å². The molecule has 9 aromatic carbocycles. The Hall–Kier alpha value is -10.8. The van der Waals surface area contributed by atoms with Gasteiger partial charge in [0.15, 0.2) is 0 Å². The summed E-state index contributed by atoms with van der Waals surface area (Å²) in [5.74, 6) is -4.78. The molecule has 4 aliphatic carbocycles. The number of carbonyl (C=O) groups is 6. The predicted octanol–water partition coefficient (Wildman–Crippen LogP) is 21.6. The van der Waals surface area contributed by atoms with Gasteiger partial charge in [0.05, 0.1) is 58.2 Å². The van der Waals surface area contributed by atoms with Crippen molar-refractivity contribution in [1.29, 1.82) is 0 Å². The zero-order valence-corrected chi connectivity index (χ0v) is 69.9. The molecular formula is C99H111ClF3N9O7. The summed E-state index contributed by atoms with van der Waals surface area (Å²) < 4.78 is 44.8. The lowest BCUT2D eigenvalue weighted by molar-refractivity contribution is -0.124. The summed E-state index contributed by atoms with van der Waals surface area (Å²) in [6, 6.07) is 56.6. The second-order valence-electron chi connectivity index (χ2n) is 34.0.